The van der Waals surface area contributed by atoms with E-state index in [0.29, 0.717) is 22.4 Å². The van der Waals surface area contributed by atoms with Crippen molar-refractivity contribution < 1.29 is 9.32 Å². The fraction of sp³-hybridized carbons (Fsp3) is 0.294. The summed E-state index contributed by atoms with van der Waals surface area (Å²) in [7, 11) is 0. The molecule has 1 N–H and O–H groups in total. The highest BCUT2D eigenvalue weighted by Crippen LogP contribution is 2.21. The van der Waals surface area contributed by atoms with Gasteiger partial charge >= 0.3 is 0 Å². The van der Waals surface area contributed by atoms with Crippen molar-refractivity contribution in [1.29, 1.82) is 0 Å². The van der Waals surface area contributed by atoms with Crippen molar-refractivity contribution in [3.05, 3.63) is 52.6 Å². The van der Waals surface area contributed by atoms with Gasteiger partial charge in [-0.15, -0.1) is 5.10 Å². The van der Waals surface area contributed by atoms with E-state index in [2.05, 4.69) is 20.0 Å². The third-order valence-corrected chi connectivity index (χ3v) is 4.89. The zero-order valence-electron chi connectivity index (χ0n) is 14.0. The number of nitrogens with one attached hydrogen (secondary N) is 1. The van der Waals surface area contributed by atoms with E-state index in [-0.39, 0.29) is 0 Å². The van der Waals surface area contributed by atoms with Crippen LogP contribution in [0.25, 0.3) is 11.5 Å². The molecule has 0 spiro atoms. The number of benzene rings is 1. The highest BCUT2D eigenvalue weighted by Gasteiger charge is 2.23. The Kier molecular flexibility index (Phi) is 4.96. The van der Waals surface area contributed by atoms with E-state index in [0.717, 1.165) is 37.7 Å². The van der Waals surface area contributed by atoms with Gasteiger partial charge in [0.25, 0.3) is 4.84 Å². The molecule has 0 unspecified atom stereocenters. The van der Waals surface area contributed by atoms with Gasteiger partial charge in [0, 0.05) is 23.0 Å². The van der Waals surface area contributed by atoms with E-state index in [1.54, 1.807) is 17.1 Å². The zero-order chi connectivity index (χ0) is 17.9. The second-order valence-corrected chi connectivity index (χ2v) is 6.91. The van der Waals surface area contributed by atoms with Crippen LogP contribution in [-0.2, 0) is 6.67 Å². The van der Waals surface area contributed by atoms with Crippen molar-refractivity contribution in [2.75, 3.05) is 31.1 Å². The molecule has 1 aromatic carbocycles. The summed E-state index contributed by atoms with van der Waals surface area (Å²) < 4.78 is 7.40. The van der Waals surface area contributed by atoms with Gasteiger partial charge in [-0.05, 0) is 36.5 Å². The summed E-state index contributed by atoms with van der Waals surface area (Å²) in [6, 6.07) is 9.23. The SMILES string of the molecule is S=c1oc(-c2cccc(Cl)c2)nn1C[NH+]1CCN(c2ncccn2)CC1. The van der Waals surface area contributed by atoms with E-state index >= 15 is 0 Å². The molecule has 0 saturated carbocycles. The maximum absolute atomic E-state index is 6.04. The van der Waals surface area contributed by atoms with Gasteiger partial charge in [-0.2, -0.15) is 4.68 Å². The summed E-state index contributed by atoms with van der Waals surface area (Å²) in [6.07, 6.45) is 3.54. The third kappa shape index (κ3) is 3.77. The number of quaternary nitrogens is 1. The lowest BCUT2D eigenvalue weighted by Crippen LogP contribution is -3.14. The number of anilines is 1. The number of nitrogens with zero attached hydrogens (tertiary/aromatic N) is 5. The molecule has 1 aliphatic heterocycles. The van der Waals surface area contributed by atoms with Crippen LogP contribution in [0.4, 0.5) is 5.95 Å². The largest absolute Gasteiger partial charge is 0.409 e. The minimum Gasteiger partial charge on any atom is -0.409 e. The topological polar surface area (TPSA) is 64.4 Å². The van der Waals surface area contributed by atoms with Crippen molar-refractivity contribution in [1.82, 2.24) is 19.7 Å². The second-order valence-electron chi connectivity index (χ2n) is 6.13. The van der Waals surface area contributed by atoms with Crippen molar-refractivity contribution in [2.45, 2.75) is 6.67 Å². The predicted octanol–water partition coefficient (Wildman–Crippen LogP) is 1.68. The third-order valence-electron chi connectivity index (χ3n) is 4.36. The molecule has 0 aliphatic carbocycles. The summed E-state index contributed by atoms with van der Waals surface area (Å²) in [5.41, 5.74) is 0.823. The minimum atomic E-state index is 0.376. The van der Waals surface area contributed by atoms with Gasteiger partial charge in [0.15, 0.2) is 6.67 Å². The van der Waals surface area contributed by atoms with Gasteiger partial charge in [0.05, 0.1) is 26.2 Å². The standard InChI is InChI=1S/C17H17ClN6OS/c18-14-4-1-3-13(11-14)15-21-24(17(26)25-15)12-22-7-9-23(10-8-22)16-19-5-2-6-20-16/h1-6,11H,7-10,12H2/p+1. The number of hydrogen-bond acceptors (Lipinski definition) is 6. The molecule has 9 heteroatoms. The molecule has 134 valence electrons. The number of hydrogen-bond donors (Lipinski definition) is 1. The second kappa shape index (κ2) is 7.53. The molecule has 1 aliphatic rings. The molecule has 1 fully saturated rings. The van der Waals surface area contributed by atoms with Crippen LogP contribution in [-0.4, -0.2) is 45.9 Å². The smallest absolute Gasteiger partial charge is 0.292 e. The Morgan fingerprint density at radius 3 is 2.65 bits per heavy atom. The predicted molar refractivity (Wildman–Crippen MR) is 101 cm³/mol. The average Bonchev–Trinajstić information content (AvgIpc) is 3.04. The Morgan fingerprint density at radius 2 is 1.92 bits per heavy atom. The van der Waals surface area contributed by atoms with Gasteiger partial charge in [0.1, 0.15) is 0 Å². The molecule has 4 rings (SSSR count). The van der Waals surface area contributed by atoms with Crippen molar-refractivity contribution in [3.63, 3.8) is 0 Å². The highest BCUT2D eigenvalue weighted by molar-refractivity contribution is 7.71. The summed E-state index contributed by atoms with van der Waals surface area (Å²) in [6.45, 7) is 4.38. The molecule has 0 radical (unpaired) electrons. The molecule has 0 bridgehead atoms. The maximum Gasteiger partial charge on any atom is 0.292 e. The first-order chi connectivity index (χ1) is 12.7. The lowest BCUT2D eigenvalue weighted by atomic mass is 10.2. The van der Waals surface area contributed by atoms with Crippen LogP contribution in [0.3, 0.4) is 0 Å². The van der Waals surface area contributed by atoms with Gasteiger partial charge < -0.3 is 14.2 Å². The van der Waals surface area contributed by atoms with Gasteiger partial charge in [-0.3, -0.25) is 0 Å². The van der Waals surface area contributed by atoms with Gasteiger partial charge in [0.2, 0.25) is 11.8 Å². The quantitative estimate of drug-likeness (QED) is 0.685. The molecular weight excluding hydrogens is 372 g/mol. The molecule has 7 nitrogen and oxygen atoms in total. The molecule has 3 heterocycles. The first-order valence-electron chi connectivity index (χ1n) is 8.38. The summed E-state index contributed by atoms with van der Waals surface area (Å²) in [4.78, 5) is 12.6. The maximum atomic E-state index is 6.04. The van der Waals surface area contributed by atoms with Crippen LogP contribution in [0.15, 0.2) is 47.1 Å². The molecule has 2 aromatic heterocycles. The van der Waals surface area contributed by atoms with Crippen LogP contribution >= 0.6 is 23.8 Å². The monoisotopic (exact) mass is 389 g/mol. The van der Waals surface area contributed by atoms with E-state index in [4.69, 9.17) is 28.2 Å². The van der Waals surface area contributed by atoms with Crippen LogP contribution in [0.1, 0.15) is 0 Å². The lowest BCUT2D eigenvalue weighted by molar-refractivity contribution is -0.924. The molecule has 26 heavy (non-hydrogen) atoms. The Morgan fingerprint density at radius 1 is 1.15 bits per heavy atom. The van der Waals surface area contributed by atoms with E-state index in [1.807, 2.05) is 30.3 Å². The normalized spacial score (nSPS) is 15.3. The Balaban J connectivity index is 1.42. The van der Waals surface area contributed by atoms with Gasteiger partial charge in [-0.25, -0.2) is 9.97 Å². The Bertz CT molecular complexity index is 936. The molecule has 0 atom stereocenters. The number of rotatable bonds is 4. The number of halogens is 1. The first-order valence-corrected chi connectivity index (χ1v) is 9.17. The molecular formula is C17H18ClN6OS+. The Labute approximate surface area is 160 Å². The first kappa shape index (κ1) is 17.1. The summed E-state index contributed by atoms with van der Waals surface area (Å²) >= 11 is 11.4. The molecule has 3 aromatic rings. The lowest BCUT2D eigenvalue weighted by Gasteiger charge is -2.31. The van der Waals surface area contributed by atoms with Crippen molar-refractivity contribution in [3.8, 4) is 11.5 Å². The van der Waals surface area contributed by atoms with E-state index in [1.165, 1.54) is 4.90 Å². The number of piperazine rings is 1. The fourth-order valence-corrected chi connectivity index (χ4v) is 3.37. The van der Waals surface area contributed by atoms with E-state index < -0.39 is 0 Å². The zero-order valence-corrected chi connectivity index (χ0v) is 15.6. The van der Waals surface area contributed by atoms with Crippen LogP contribution < -0.4 is 9.80 Å². The van der Waals surface area contributed by atoms with Crippen LogP contribution in [0.2, 0.25) is 5.02 Å². The Hall–Kier alpha value is -2.29. The molecule has 0 amide bonds. The summed E-state index contributed by atoms with van der Waals surface area (Å²) in [5.74, 6) is 1.28. The van der Waals surface area contributed by atoms with Crippen LogP contribution in [0.5, 0.6) is 0 Å². The van der Waals surface area contributed by atoms with Crippen molar-refractivity contribution >= 4 is 29.8 Å². The molecule has 1 saturated heterocycles. The summed E-state index contributed by atoms with van der Waals surface area (Å²) in [5, 5.41) is 5.16. The van der Waals surface area contributed by atoms with Crippen LogP contribution in [0, 0.1) is 4.84 Å². The van der Waals surface area contributed by atoms with Gasteiger partial charge in [-0.1, -0.05) is 17.7 Å². The highest BCUT2D eigenvalue weighted by atomic mass is 35.5. The fourth-order valence-electron chi connectivity index (χ4n) is 2.99. The minimum absolute atomic E-state index is 0.376. The van der Waals surface area contributed by atoms with E-state index in [9.17, 15) is 0 Å². The number of aromatic nitrogens is 4. The average molecular weight is 390 g/mol. The van der Waals surface area contributed by atoms with Crippen molar-refractivity contribution in [2.24, 2.45) is 0 Å².